The van der Waals surface area contributed by atoms with Gasteiger partial charge in [-0.2, -0.15) is 4.31 Å². The van der Waals surface area contributed by atoms with Crippen molar-refractivity contribution in [3.63, 3.8) is 0 Å². The van der Waals surface area contributed by atoms with Crippen LogP contribution in [-0.4, -0.2) is 56.9 Å². The van der Waals surface area contributed by atoms with Crippen molar-refractivity contribution in [2.45, 2.75) is 30.2 Å². The van der Waals surface area contributed by atoms with E-state index in [0.717, 1.165) is 41.3 Å². The summed E-state index contributed by atoms with van der Waals surface area (Å²) in [6.07, 6.45) is 2.44. The summed E-state index contributed by atoms with van der Waals surface area (Å²) < 4.78 is 51.1. The molecule has 0 unspecified atom stereocenters. The lowest BCUT2D eigenvalue weighted by molar-refractivity contribution is -0.132. The Labute approximate surface area is 181 Å². The summed E-state index contributed by atoms with van der Waals surface area (Å²) in [7, 11) is -2.54. The van der Waals surface area contributed by atoms with Crippen molar-refractivity contribution in [1.29, 1.82) is 0 Å². The standard InChI is InChI=1S/C22H25FN2O5S/c1-24(31(27,28)18-8-6-17(23)7-9-18)15-22(26)25-11-2-4-19(25)16-5-10-20-21(14-16)30-13-3-12-29-20/h5-10,14,19H,2-4,11-13,15H2,1H3/t19-/m0/s1. The number of halogens is 1. The second-order valence-corrected chi connectivity index (χ2v) is 9.76. The van der Waals surface area contributed by atoms with Crippen LogP contribution in [0, 0.1) is 5.82 Å². The molecule has 0 aliphatic carbocycles. The van der Waals surface area contributed by atoms with Gasteiger partial charge in [-0.05, 0) is 54.8 Å². The number of rotatable bonds is 5. The Morgan fingerprint density at radius 1 is 1.10 bits per heavy atom. The maximum absolute atomic E-state index is 13.1. The Morgan fingerprint density at radius 3 is 2.55 bits per heavy atom. The van der Waals surface area contributed by atoms with Crippen LogP contribution >= 0.6 is 0 Å². The van der Waals surface area contributed by atoms with Gasteiger partial charge in [-0.1, -0.05) is 6.07 Å². The lowest BCUT2D eigenvalue weighted by Gasteiger charge is -2.27. The van der Waals surface area contributed by atoms with Gasteiger partial charge in [-0.25, -0.2) is 12.8 Å². The van der Waals surface area contributed by atoms with Crippen molar-refractivity contribution in [3.05, 3.63) is 53.8 Å². The molecule has 0 saturated carbocycles. The number of likely N-dealkylation sites (tertiary alicyclic amines) is 1. The first-order chi connectivity index (χ1) is 14.9. The molecule has 0 spiro atoms. The fourth-order valence-electron chi connectivity index (χ4n) is 3.95. The van der Waals surface area contributed by atoms with Gasteiger partial charge in [0.15, 0.2) is 11.5 Å². The van der Waals surface area contributed by atoms with Crippen LogP contribution in [0.15, 0.2) is 47.4 Å². The number of ether oxygens (including phenoxy) is 2. The second kappa shape index (κ2) is 8.84. The molecule has 2 aliphatic rings. The first kappa shape index (κ1) is 21.6. The zero-order valence-electron chi connectivity index (χ0n) is 17.3. The van der Waals surface area contributed by atoms with Gasteiger partial charge in [0.2, 0.25) is 15.9 Å². The summed E-state index contributed by atoms with van der Waals surface area (Å²) in [5, 5.41) is 0. The number of likely N-dealkylation sites (N-methyl/N-ethyl adjacent to an activating group) is 1. The Balaban J connectivity index is 1.49. The molecule has 0 N–H and O–H groups in total. The second-order valence-electron chi connectivity index (χ2n) is 7.72. The lowest BCUT2D eigenvalue weighted by atomic mass is 10.0. The molecular formula is C22H25FN2O5S. The monoisotopic (exact) mass is 448 g/mol. The summed E-state index contributed by atoms with van der Waals surface area (Å²) in [5.41, 5.74) is 0.944. The fraction of sp³-hybridized carbons (Fsp3) is 0.409. The number of fused-ring (bicyclic) bond motifs is 1. The topological polar surface area (TPSA) is 76.2 Å². The van der Waals surface area contributed by atoms with Crippen LogP contribution in [0.3, 0.4) is 0 Å². The van der Waals surface area contributed by atoms with Crippen LogP contribution < -0.4 is 9.47 Å². The smallest absolute Gasteiger partial charge is 0.243 e. The normalized spacial score (nSPS) is 18.8. The number of nitrogens with zero attached hydrogens (tertiary/aromatic N) is 2. The number of benzene rings is 2. The van der Waals surface area contributed by atoms with E-state index in [1.807, 2.05) is 18.2 Å². The molecule has 2 aromatic rings. The summed E-state index contributed by atoms with van der Waals surface area (Å²) in [4.78, 5) is 14.7. The Hall–Kier alpha value is -2.65. The maximum Gasteiger partial charge on any atom is 0.243 e. The van der Waals surface area contributed by atoms with E-state index in [2.05, 4.69) is 0 Å². The van der Waals surface area contributed by atoms with Crippen LogP contribution in [0.1, 0.15) is 30.9 Å². The molecule has 1 amide bonds. The third-order valence-electron chi connectivity index (χ3n) is 5.61. The summed E-state index contributed by atoms with van der Waals surface area (Å²) in [6.45, 7) is 1.45. The van der Waals surface area contributed by atoms with E-state index >= 15 is 0 Å². The third-order valence-corrected chi connectivity index (χ3v) is 7.43. The summed E-state index contributed by atoms with van der Waals surface area (Å²) >= 11 is 0. The Morgan fingerprint density at radius 2 is 1.81 bits per heavy atom. The molecule has 2 aliphatic heterocycles. The van der Waals surface area contributed by atoms with E-state index in [1.54, 1.807) is 4.90 Å². The molecule has 0 radical (unpaired) electrons. The maximum atomic E-state index is 13.1. The molecule has 1 saturated heterocycles. The number of carbonyl (C=O) groups is 1. The minimum Gasteiger partial charge on any atom is -0.490 e. The van der Waals surface area contributed by atoms with Crippen LogP contribution in [0.4, 0.5) is 4.39 Å². The summed E-state index contributed by atoms with van der Waals surface area (Å²) in [5.74, 6) is 0.572. The first-order valence-corrected chi connectivity index (χ1v) is 11.7. The fourth-order valence-corrected chi connectivity index (χ4v) is 5.07. The van der Waals surface area contributed by atoms with E-state index in [9.17, 15) is 17.6 Å². The molecule has 1 atom stereocenters. The molecule has 7 nitrogen and oxygen atoms in total. The Bertz CT molecular complexity index is 1060. The van der Waals surface area contributed by atoms with Gasteiger partial charge < -0.3 is 14.4 Å². The zero-order chi connectivity index (χ0) is 22.0. The molecule has 2 aromatic carbocycles. The van der Waals surface area contributed by atoms with Crippen LogP contribution in [0.25, 0.3) is 0 Å². The predicted molar refractivity (Wildman–Crippen MR) is 112 cm³/mol. The van der Waals surface area contributed by atoms with Gasteiger partial charge in [0.05, 0.1) is 30.7 Å². The van der Waals surface area contributed by atoms with Gasteiger partial charge in [-0.3, -0.25) is 4.79 Å². The SMILES string of the molecule is CN(CC(=O)N1CCC[C@H]1c1ccc2c(c1)OCCCO2)S(=O)(=O)c1ccc(F)cc1. The molecule has 2 heterocycles. The number of hydrogen-bond donors (Lipinski definition) is 0. The molecule has 4 rings (SSSR count). The lowest BCUT2D eigenvalue weighted by Crippen LogP contribution is -2.40. The highest BCUT2D eigenvalue weighted by Crippen LogP contribution is 2.38. The first-order valence-electron chi connectivity index (χ1n) is 10.3. The van der Waals surface area contributed by atoms with Crippen molar-refractivity contribution < 1.29 is 27.1 Å². The quantitative estimate of drug-likeness (QED) is 0.703. The number of sulfonamides is 1. The van der Waals surface area contributed by atoms with Gasteiger partial charge in [-0.15, -0.1) is 0 Å². The van der Waals surface area contributed by atoms with Crippen molar-refractivity contribution in [3.8, 4) is 11.5 Å². The molecular weight excluding hydrogens is 423 g/mol. The third kappa shape index (κ3) is 4.52. The number of carbonyl (C=O) groups excluding carboxylic acids is 1. The van der Waals surface area contributed by atoms with Crippen molar-refractivity contribution >= 4 is 15.9 Å². The van der Waals surface area contributed by atoms with Crippen molar-refractivity contribution in [1.82, 2.24) is 9.21 Å². The molecule has 1 fully saturated rings. The minimum atomic E-state index is -3.90. The van der Waals surface area contributed by atoms with E-state index in [-0.39, 0.29) is 23.4 Å². The molecule has 0 bridgehead atoms. The molecule has 9 heteroatoms. The van der Waals surface area contributed by atoms with E-state index in [4.69, 9.17) is 9.47 Å². The Kier molecular flexibility index (Phi) is 6.15. The van der Waals surface area contributed by atoms with Gasteiger partial charge in [0.1, 0.15) is 5.82 Å². The predicted octanol–water partition coefficient (Wildman–Crippen LogP) is 2.97. The van der Waals surface area contributed by atoms with Crippen molar-refractivity contribution in [2.24, 2.45) is 0 Å². The van der Waals surface area contributed by atoms with Crippen molar-refractivity contribution in [2.75, 3.05) is 33.4 Å². The van der Waals surface area contributed by atoms with Crippen LogP contribution in [0.2, 0.25) is 0 Å². The highest BCUT2D eigenvalue weighted by molar-refractivity contribution is 7.89. The number of hydrogen-bond acceptors (Lipinski definition) is 5. The van der Waals surface area contributed by atoms with Gasteiger partial charge in [0.25, 0.3) is 0 Å². The highest BCUT2D eigenvalue weighted by atomic mass is 32.2. The average Bonchev–Trinajstić information content (AvgIpc) is 3.13. The average molecular weight is 449 g/mol. The van der Waals surface area contributed by atoms with E-state index < -0.39 is 15.8 Å². The largest absolute Gasteiger partial charge is 0.490 e. The molecule has 166 valence electrons. The van der Waals surface area contributed by atoms with Crippen LogP contribution in [-0.2, 0) is 14.8 Å². The van der Waals surface area contributed by atoms with Gasteiger partial charge in [0, 0.05) is 20.0 Å². The van der Waals surface area contributed by atoms with E-state index in [0.29, 0.717) is 31.3 Å². The van der Waals surface area contributed by atoms with Gasteiger partial charge >= 0.3 is 0 Å². The molecule has 31 heavy (non-hydrogen) atoms. The summed E-state index contributed by atoms with van der Waals surface area (Å²) in [6, 6.07) is 10.1. The molecule has 0 aromatic heterocycles. The van der Waals surface area contributed by atoms with E-state index in [1.165, 1.54) is 19.2 Å². The minimum absolute atomic E-state index is 0.0509. The zero-order valence-corrected chi connectivity index (χ0v) is 18.1. The van der Waals surface area contributed by atoms with Crippen LogP contribution in [0.5, 0.6) is 11.5 Å². The highest BCUT2D eigenvalue weighted by Gasteiger charge is 2.33. The number of amides is 1.